The Morgan fingerprint density at radius 3 is 2.33 bits per heavy atom. The van der Waals surface area contributed by atoms with Crippen LogP contribution in [0.15, 0.2) is 0 Å². The topological polar surface area (TPSA) is 20.3 Å². The summed E-state index contributed by atoms with van der Waals surface area (Å²) in [4.78, 5) is 13.4. The van der Waals surface area contributed by atoms with Crippen LogP contribution in [0.1, 0.15) is 33.1 Å². The summed E-state index contributed by atoms with van der Waals surface area (Å²) >= 11 is 0. The molecule has 12 heavy (non-hydrogen) atoms. The summed E-state index contributed by atoms with van der Waals surface area (Å²) in [5.41, 5.74) is 0. The molecule has 1 saturated carbocycles. The molecule has 0 spiro atoms. The van der Waals surface area contributed by atoms with E-state index in [0.717, 1.165) is 19.4 Å². The summed E-state index contributed by atoms with van der Waals surface area (Å²) in [6.45, 7) is 5.15. The van der Waals surface area contributed by atoms with E-state index in [2.05, 4.69) is 11.9 Å². The Morgan fingerprint density at radius 1 is 1.33 bits per heavy atom. The summed E-state index contributed by atoms with van der Waals surface area (Å²) in [6, 6.07) is 0.282. The van der Waals surface area contributed by atoms with Gasteiger partial charge in [-0.15, -0.1) is 0 Å². The Morgan fingerprint density at radius 2 is 2.00 bits per heavy atom. The molecule has 2 heteroatoms. The Bertz CT molecular complexity index is 167. The minimum atomic E-state index is 0.282. The van der Waals surface area contributed by atoms with Gasteiger partial charge in [-0.25, -0.2) is 0 Å². The summed E-state index contributed by atoms with van der Waals surface area (Å²) in [6.07, 6.45) is 3.25. The number of likely N-dealkylation sites (N-methyl/N-ethyl adjacent to an activating group) is 1. The van der Waals surface area contributed by atoms with Gasteiger partial charge in [-0.05, 0) is 25.8 Å². The maximum absolute atomic E-state index is 11.2. The monoisotopic (exact) mass is 169 g/mol. The lowest BCUT2D eigenvalue weighted by molar-refractivity contribution is -0.131. The average molecular weight is 169 g/mol. The molecule has 2 heterocycles. The molecule has 2 nitrogen and oxygen atoms in total. The van der Waals surface area contributed by atoms with Crippen molar-refractivity contribution >= 4 is 5.78 Å². The third-order valence-corrected chi connectivity index (χ3v) is 2.79. The van der Waals surface area contributed by atoms with Crippen LogP contribution in [-0.2, 0) is 4.79 Å². The molecule has 0 N–H and O–H groups in total. The van der Waals surface area contributed by atoms with Gasteiger partial charge in [0.2, 0.25) is 0 Å². The number of ketones is 1. The van der Waals surface area contributed by atoms with E-state index in [1.165, 1.54) is 6.42 Å². The maximum Gasteiger partial charge on any atom is 0.150 e. The van der Waals surface area contributed by atoms with Gasteiger partial charge in [0.15, 0.2) is 0 Å². The van der Waals surface area contributed by atoms with E-state index in [9.17, 15) is 4.79 Å². The second-order valence-electron chi connectivity index (χ2n) is 3.57. The van der Waals surface area contributed by atoms with Crippen LogP contribution in [0, 0.1) is 5.92 Å². The van der Waals surface area contributed by atoms with E-state index in [-0.39, 0.29) is 6.04 Å². The van der Waals surface area contributed by atoms with Gasteiger partial charge in [-0.3, -0.25) is 9.69 Å². The summed E-state index contributed by atoms with van der Waals surface area (Å²) in [7, 11) is 2.06. The highest BCUT2D eigenvalue weighted by Crippen LogP contribution is 2.31. The zero-order chi connectivity index (χ0) is 9.14. The first kappa shape index (κ1) is 9.72. The van der Waals surface area contributed by atoms with Gasteiger partial charge in [-0.1, -0.05) is 13.8 Å². The van der Waals surface area contributed by atoms with E-state index in [0.29, 0.717) is 11.7 Å². The van der Waals surface area contributed by atoms with Gasteiger partial charge < -0.3 is 0 Å². The zero-order valence-corrected chi connectivity index (χ0v) is 8.34. The lowest BCUT2D eigenvalue weighted by atomic mass is 9.79. The molecule has 3 fully saturated rings. The molecule has 2 atom stereocenters. The fourth-order valence-electron chi connectivity index (χ4n) is 2.23. The van der Waals surface area contributed by atoms with Gasteiger partial charge in [0.25, 0.3) is 0 Å². The normalized spacial score (nSPS) is 34.4. The van der Waals surface area contributed by atoms with Crippen LogP contribution < -0.4 is 0 Å². The van der Waals surface area contributed by atoms with Crippen molar-refractivity contribution < 1.29 is 4.79 Å². The lowest BCUT2D eigenvalue weighted by Gasteiger charge is -2.41. The van der Waals surface area contributed by atoms with Crippen LogP contribution in [0.5, 0.6) is 0 Å². The fourth-order valence-corrected chi connectivity index (χ4v) is 2.23. The molecule has 3 aliphatic rings. The Kier molecular flexibility index (Phi) is 3.27. The van der Waals surface area contributed by atoms with Crippen molar-refractivity contribution in [2.24, 2.45) is 5.92 Å². The summed E-state index contributed by atoms with van der Waals surface area (Å²) in [5.74, 6) is 1.16. The molecule has 2 saturated heterocycles. The molecule has 3 rings (SSSR count). The van der Waals surface area contributed by atoms with Gasteiger partial charge in [0.1, 0.15) is 5.78 Å². The highest BCUT2D eigenvalue weighted by molar-refractivity contribution is 5.85. The number of nitrogens with zero attached hydrogens (tertiary/aromatic N) is 1. The molecule has 2 unspecified atom stereocenters. The third-order valence-electron chi connectivity index (χ3n) is 2.79. The molecule has 0 aromatic rings. The minimum absolute atomic E-state index is 0.282. The smallest absolute Gasteiger partial charge is 0.150 e. The molecule has 0 aromatic carbocycles. The predicted molar refractivity (Wildman–Crippen MR) is 50.1 cm³/mol. The highest BCUT2D eigenvalue weighted by Gasteiger charge is 2.37. The molecule has 70 valence electrons. The Hall–Kier alpha value is -0.370. The third kappa shape index (κ3) is 1.69. The number of carbonyl (C=O) groups is 1. The Balaban J connectivity index is 0.000000336. The Labute approximate surface area is 74.9 Å². The molecular formula is C10H19NO. The van der Waals surface area contributed by atoms with E-state index in [1.54, 1.807) is 0 Å². The number of fused-ring (bicyclic) bond motifs is 3. The van der Waals surface area contributed by atoms with E-state index in [4.69, 9.17) is 0 Å². The van der Waals surface area contributed by atoms with Crippen molar-refractivity contribution in [2.45, 2.75) is 39.2 Å². The van der Waals surface area contributed by atoms with Gasteiger partial charge in [0.05, 0.1) is 6.04 Å². The van der Waals surface area contributed by atoms with E-state index >= 15 is 0 Å². The summed E-state index contributed by atoms with van der Waals surface area (Å²) < 4.78 is 0. The molecule has 1 aliphatic carbocycles. The number of piperidine rings is 2. The first-order valence-corrected chi connectivity index (χ1v) is 5.00. The van der Waals surface area contributed by atoms with Crippen LogP contribution in [0.2, 0.25) is 0 Å². The molecule has 2 aliphatic heterocycles. The first-order chi connectivity index (χ1) is 5.77. The van der Waals surface area contributed by atoms with E-state index < -0.39 is 0 Å². The number of hydrogen-bond donors (Lipinski definition) is 0. The maximum atomic E-state index is 11.2. The van der Waals surface area contributed by atoms with Gasteiger partial charge in [-0.2, -0.15) is 0 Å². The number of rotatable bonds is 0. The van der Waals surface area contributed by atoms with Gasteiger partial charge >= 0.3 is 0 Å². The van der Waals surface area contributed by atoms with Crippen LogP contribution in [0.25, 0.3) is 0 Å². The minimum Gasteiger partial charge on any atom is -0.298 e. The van der Waals surface area contributed by atoms with Crippen LogP contribution in [-0.4, -0.2) is 30.3 Å². The molecule has 0 aromatic heterocycles. The van der Waals surface area contributed by atoms with Crippen molar-refractivity contribution in [2.75, 3.05) is 13.6 Å². The van der Waals surface area contributed by atoms with Crippen molar-refractivity contribution in [3.05, 3.63) is 0 Å². The largest absolute Gasteiger partial charge is 0.298 e. The van der Waals surface area contributed by atoms with E-state index in [1.807, 2.05) is 13.8 Å². The number of carbonyl (C=O) groups excluding carboxylic acids is 1. The van der Waals surface area contributed by atoms with Crippen molar-refractivity contribution in [3.8, 4) is 0 Å². The highest BCUT2D eigenvalue weighted by atomic mass is 16.1. The second kappa shape index (κ2) is 4.04. The van der Waals surface area contributed by atoms with Crippen molar-refractivity contribution in [1.82, 2.24) is 4.90 Å². The average Bonchev–Trinajstić information content (AvgIpc) is 2.07. The molecule has 0 radical (unpaired) electrons. The molecule has 0 amide bonds. The standard InChI is InChI=1S/C8H13NO.C2H6/c1-9-5-6-2-3-7(9)8(10)4-6;1-2/h6-7H,2-5H2,1H3;1-2H3. The number of hydrogen-bond acceptors (Lipinski definition) is 2. The molecule has 2 bridgehead atoms. The van der Waals surface area contributed by atoms with Gasteiger partial charge in [0, 0.05) is 13.0 Å². The lowest BCUT2D eigenvalue weighted by Crippen LogP contribution is -2.51. The first-order valence-electron chi connectivity index (χ1n) is 5.00. The van der Waals surface area contributed by atoms with Crippen LogP contribution in [0.3, 0.4) is 0 Å². The second-order valence-corrected chi connectivity index (χ2v) is 3.57. The van der Waals surface area contributed by atoms with Crippen LogP contribution in [0.4, 0.5) is 0 Å². The quantitative estimate of drug-likeness (QED) is 0.550. The fraction of sp³-hybridized carbons (Fsp3) is 0.900. The van der Waals surface area contributed by atoms with Crippen LogP contribution >= 0.6 is 0 Å². The van der Waals surface area contributed by atoms with Crippen molar-refractivity contribution in [3.63, 3.8) is 0 Å². The zero-order valence-electron chi connectivity index (χ0n) is 8.34. The number of Topliss-reactive ketones (excluding diaryl/α,β-unsaturated/α-hetero) is 1. The van der Waals surface area contributed by atoms with Crippen molar-refractivity contribution in [1.29, 1.82) is 0 Å². The summed E-state index contributed by atoms with van der Waals surface area (Å²) in [5, 5.41) is 0. The predicted octanol–water partition coefficient (Wildman–Crippen LogP) is 1.70. The molecular weight excluding hydrogens is 150 g/mol. The SMILES string of the molecule is CC.CN1CC2CCC1C(=O)C2.